The normalized spacial score (nSPS) is 11.2. The molecule has 0 atom stereocenters. The highest BCUT2D eigenvalue weighted by Crippen LogP contribution is 2.11. The first-order chi connectivity index (χ1) is 12.1. The molecule has 0 spiro atoms. The lowest BCUT2D eigenvalue weighted by molar-refractivity contribution is 0.581. The lowest BCUT2D eigenvalue weighted by Gasteiger charge is -2.05. The molecule has 3 rings (SSSR count). The van der Waals surface area contributed by atoms with Crippen LogP contribution >= 0.6 is 0 Å². The van der Waals surface area contributed by atoms with Crippen molar-refractivity contribution in [2.24, 2.45) is 0 Å². The molecular formula is C18H16N4O2S. The molecule has 0 saturated carbocycles. The Balaban J connectivity index is 1.67. The topological polar surface area (TPSA) is 87.8 Å². The summed E-state index contributed by atoms with van der Waals surface area (Å²) >= 11 is 0. The summed E-state index contributed by atoms with van der Waals surface area (Å²) < 4.78 is 28.9. The number of hydrogen-bond donors (Lipinski definition) is 1. The largest absolute Gasteiger partial charge is 0.267 e. The number of nitriles is 1. The lowest BCUT2D eigenvalue weighted by Crippen LogP contribution is -2.22. The standard InChI is InChI=1S/C18H16N4O2S/c19-10-15-6-8-16(9-7-15)11-21-25(23,24)18-12-20-22(14-18)13-17-4-2-1-3-5-17/h1-9,12,14,21H,11,13H2. The van der Waals surface area contributed by atoms with Gasteiger partial charge in [0.15, 0.2) is 0 Å². The quantitative estimate of drug-likeness (QED) is 0.737. The molecule has 0 aliphatic heterocycles. The first kappa shape index (κ1) is 16.9. The van der Waals surface area contributed by atoms with Crippen molar-refractivity contribution in [1.82, 2.24) is 14.5 Å². The second-order valence-electron chi connectivity index (χ2n) is 5.49. The van der Waals surface area contributed by atoms with Crippen molar-refractivity contribution in [1.29, 1.82) is 5.26 Å². The van der Waals surface area contributed by atoms with Gasteiger partial charge in [0, 0.05) is 12.7 Å². The first-order valence-corrected chi connectivity index (χ1v) is 9.10. The number of aromatic nitrogens is 2. The van der Waals surface area contributed by atoms with Gasteiger partial charge in [-0.05, 0) is 23.3 Å². The first-order valence-electron chi connectivity index (χ1n) is 7.62. The molecule has 25 heavy (non-hydrogen) atoms. The second kappa shape index (κ2) is 7.30. The summed E-state index contributed by atoms with van der Waals surface area (Å²) in [6, 6.07) is 18.5. The predicted molar refractivity (Wildman–Crippen MR) is 93.0 cm³/mol. The summed E-state index contributed by atoms with van der Waals surface area (Å²) in [7, 11) is -3.64. The molecule has 1 aromatic heterocycles. The van der Waals surface area contributed by atoms with Gasteiger partial charge in [-0.25, -0.2) is 13.1 Å². The van der Waals surface area contributed by atoms with Crippen molar-refractivity contribution < 1.29 is 8.42 Å². The monoisotopic (exact) mass is 352 g/mol. The molecule has 1 N–H and O–H groups in total. The lowest BCUT2D eigenvalue weighted by atomic mass is 10.1. The van der Waals surface area contributed by atoms with E-state index in [0.717, 1.165) is 11.1 Å². The van der Waals surface area contributed by atoms with Crippen LogP contribution in [-0.2, 0) is 23.1 Å². The molecule has 0 aliphatic rings. The predicted octanol–water partition coefficient (Wildman–Crippen LogP) is 2.28. The summed E-state index contributed by atoms with van der Waals surface area (Å²) in [6.07, 6.45) is 2.85. The molecule has 1 heterocycles. The van der Waals surface area contributed by atoms with E-state index in [1.807, 2.05) is 36.4 Å². The minimum atomic E-state index is -3.64. The summed E-state index contributed by atoms with van der Waals surface area (Å²) in [4.78, 5) is 0.122. The zero-order valence-corrected chi connectivity index (χ0v) is 14.1. The van der Waals surface area contributed by atoms with Gasteiger partial charge in [0.25, 0.3) is 0 Å². The van der Waals surface area contributed by atoms with Gasteiger partial charge in [0.05, 0.1) is 24.4 Å². The van der Waals surface area contributed by atoms with Crippen LogP contribution in [0.5, 0.6) is 0 Å². The number of sulfonamides is 1. The molecule has 2 aromatic carbocycles. The molecule has 7 heteroatoms. The van der Waals surface area contributed by atoms with Crippen LogP contribution in [0.15, 0.2) is 71.9 Å². The Morgan fingerprint density at radius 3 is 2.44 bits per heavy atom. The zero-order chi connectivity index (χ0) is 17.7. The molecule has 0 amide bonds. The highest BCUT2D eigenvalue weighted by Gasteiger charge is 2.16. The molecule has 0 radical (unpaired) electrons. The third kappa shape index (κ3) is 4.32. The smallest absolute Gasteiger partial charge is 0.243 e. The third-order valence-electron chi connectivity index (χ3n) is 3.66. The van der Waals surface area contributed by atoms with Crippen molar-refractivity contribution in [3.63, 3.8) is 0 Å². The van der Waals surface area contributed by atoms with Gasteiger partial charge >= 0.3 is 0 Å². The van der Waals surface area contributed by atoms with E-state index >= 15 is 0 Å². The van der Waals surface area contributed by atoms with Crippen LogP contribution in [0.1, 0.15) is 16.7 Å². The molecule has 126 valence electrons. The van der Waals surface area contributed by atoms with Gasteiger partial charge in [0.1, 0.15) is 4.90 Å². The van der Waals surface area contributed by atoms with E-state index in [-0.39, 0.29) is 11.4 Å². The second-order valence-corrected chi connectivity index (χ2v) is 7.26. The Bertz CT molecular complexity index is 988. The Labute approximate surface area is 146 Å². The molecule has 0 unspecified atom stereocenters. The zero-order valence-electron chi connectivity index (χ0n) is 13.3. The van der Waals surface area contributed by atoms with Gasteiger partial charge in [-0.1, -0.05) is 42.5 Å². The highest BCUT2D eigenvalue weighted by atomic mass is 32.2. The van der Waals surface area contributed by atoms with Crippen molar-refractivity contribution in [2.75, 3.05) is 0 Å². The minimum absolute atomic E-state index is 0.122. The van der Waals surface area contributed by atoms with Gasteiger partial charge < -0.3 is 0 Å². The summed E-state index contributed by atoms with van der Waals surface area (Å²) in [5.41, 5.74) is 2.35. The summed E-state index contributed by atoms with van der Waals surface area (Å²) in [5.74, 6) is 0. The fourth-order valence-electron chi connectivity index (χ4n) is 2.30. The van der Waals surface area contributed by atoms with Crippen LogP contribution in [0.25, 0.3) is 0 Å². The Kier molecular flexibility index (Phi) is 4.93. The molecular weight excluding hydrogens is 336 g/mol. The van der Waals surface area contributed by atoms with E-state index < -0.39 is 10.0 Å². The molecule has 0 bridgehead atoms. The van der Waals surface area contributed by atoms with Gasteiger partial charge in [0.2, 0.25) is 10.0 Å². The van der Waals surface area contributed by atoms with Crippen LogP contribution in [-0.4, -0.2) is 18.2 Å². The van der Waals surface area contributed by atoms with E-state index in [1.165, 1.54) is 12.4 Å². The van der Waals surface area contributed by atoms with Crippen molar-refractivity contribution >= 4 is 10.0 Å². The van der Waals surface area contributed by atoms with E-state index in [2.05, 4.69) is 9.82 Å². The SMILES string of the molecule is N#Cc1ccc(CNS(=O)(=O)c2cnn(Cc3ccccc3)c2)cc1. The number of benzene rings is 2. The number of rotatable bonds is 6. The third-order valence-corrected chi connectivity index (χ3v) is 5.01. The average molecular weight is 352 g/mol. The number of nitrogens with one attached hydrogen (secondary N) is 1. The minimum Gasteiger partial charge on any atom is -0.267 e. The molecule has 6 nitrogen and oxygen atoms in total. The Morgan fingerprint density at radius 1 is 1.04 bits per heavy atom. The fraction of sp³-hybridized carbons (Fsp3) is 0.111. The highest BCUT2D eigenvalue weighted by molar-refractivity contribution is 7.89. The van der Waals surface area contributed by atoms with Crippen molar-refractivity contribution in [3.05, 3.63) is 83.7 Å². The molecule has 0 fully saturated rings. The van der Waals surface area contributed by atoms with E-state index in [4.69, 9.17) is 5.26 Å². The Morgan fingerprint density at radius 2 is 1.76 bits per heavy atom. The maximum Gasteiger partial charge on any atom is 0.243 e. The Hall–Kier alpha value is -2.95. The van der Waals surface area contributed by atoms with Gasteiger partial charge in [-0.2, -0.15) is 10.4 Å². The van der Waals surface area contributed by atoms with Crippen LogP contribution in [0, 0.1) is 11.3 Å². The van der Waals surface area contributed by atoms with Crippen LogP contribution in [0.4, 0.5) is 0 Å². The van der Waals surface area contributed by atoms with E-state index in [9.17, 15) is 8.42 Å². The molecule has 0 saturated heterocycles. The number of hydrogen-bond acceptors (Lipinski definition) is 4. The van der Waals surface area contributed by atoms with Crippen LogP contribution in [0.3, 0.4) is 0 Å². The maximum absolute atomic E-state index is 12.4. The van der Waals surface area contributed by atoms with Gasteiger partial charge in [-0.3, -0.25) is 4.68 Å². The molecule has 3 aromatic rings. The summed E-state index contributed by atoms with van der Waals surface area (Å²) in [6.45, 7) is 0.657. The van der Waals surface area contributed by atoms with E-state index in [1.54, 1.807) is 28.9 Å². The van der Waals surface area contributed by atoms with Crippen molar-refractivity contribution in [3.8, 4) is 6.07 Å². The number of nitrogens with zero attached hydrogens (tertiary/aromatic N) is 3. The average Bonchev–Trinajstić information content (AvgIpc) is 3.11. The fourth-order valence-corrected chi connectivity index (χ4v) is 3.27. The van der Waals surface area contributed by atoms with Crippen molar-refractivity contribution in [2.45, 2.75) is 18.0 Å². The van der Waals surface area contributed by atoms with Gasteiger partial charge in [-0.15, -0.1) is 0 Å². The maximum atomic E-state index is 12.4. The summed E-state index contributed by atoms with van der Waals surface area (Å²) in [5, 5.41) is 12.9. The van der Waals surface area contributed by atoms with Crippen LogP contribution in [0.2, 0.25) is 0 Å². The molecule has 0 aliphatic carbocycles. The van der Waals surface area contributed by atoms with E-state index in [0.29, 0.717) is 12.1 Å². The van der Waals surface area contributed by atoms with Crippen LogP contribution < -0.4 is 4.72 Å².